The van der Waals surface area contributed by atoms with Crippen LogP contribution >= 0.6 is 0 Å². The van der Waals surface area contributed by atoms with Crippen LogP contribution in [-0.2, 0) is 17.6 Å². The van der Waals surface area contributed by atoms with Crippen molar-refractivity contribution in [3.63, 3.8) is 0 Å². The van der Waals surface area contributed by atoms with E-state index in [9.17, 15) is 4.79 Å². The predicted octanol–water partition coefficient (Wildman–Crippen LogP) is 3.42. The zero-order valence-electron chi connectivity index (χ0n) is 15.1. The van der Waals surface area contributed by atoms with Crippen LogP contribution in [0.3, 0.4) is 0 Å². The van der Waals surface area contributed by atoms with Gasteiger partial charge in [-0.3, -0.25) is 4.79 Å². The highest BCUT2D eigenvalue weighted by atomic mass is 16.5. The molecule has 0 saturated carbocycles. The molecule has 0 aliphatic carbocycles. The number of carbonyl (C=O) groups excluding carboxylic acids is 1. The zero-order chi connectivity index (χ0) is 17.9. The molecule has 0 radical (unpaired) electrons. The molecule has 1 saturated heterocycles. The molecule has 1 N–H and O–H groups in total. The fraction of sp³-hybridized carbons (Fsp3) is 0.450. The molecule has 3 aromatic rings. The molecule has 1 aromatic carbocycles. The molecular formula is C20H24N4O2. The molecule has 1 fully saturated rings. The number of hydrogen-bond donors (Lipinski definition) is 1. The first kappa shape index (κ1) is 16.8. The van der Waals surface area contributed by atoms with Crippen molar-refractivity contribution in [2.45, 2.75) is 51.5 Å². The number of benzene rings is 1. The van der Waals surface area contributed by atoms with Gasteiger partial charge in [-0.1, -0.05) is 23.4 Å². The van der Waals surface area contributed by atoms with Gasteiger partial charge in [0.15, 0.2) is 5.82 Å². The summed E-state index contributed by atoms with van der Waals surface area (Å²) in [5, 5.41) is 5.17. The lowest BCUT2D eigenvalue weighted by atomic mass is 10.1. The summed E-state index contributed by atoms with van der Waals surface area (Å²) in [5.41, 5.74) is 2.34. The van der Waals surface area contributed by atoms with Crippen LogP contribution in [0.5, 0.6) is 0 Å². The molecule has 2 aromatic heterocycles. The maximum Gasteiger partial charge on any atom is 0.223 e. The number of fused-ring (bicyclic) bond motifs is 1. The Balaban J connectivity index is 1.34. The van der Waals surface area contributed by atoms with Gasteiger partial charge in [0.1, 0.15) is 0 Å². The number of aromatic nitrogens is 3. The smallest absolute Gasteiger partial charge is 0.223 e. The molecule has 0 bridgehead atoms. The maximum absolute atomic E-state index is 12.8. The number of aryl methyl sites for hydroxylation is 3. The summed E-state index contributed by atoms with van der Waals surface area (Å²) in [6, 6.07) is 8.53. The Labute approximate surface area is 152 Å². The van der Waals surface area contributed by atoms with Crippen LogP contribution in [-0.4, -0.2) is 38.5 Å². The van der Waals surface area contributed by atoms with Gasteiger partial charge in [0.25, 0.3) is 0 Å². The molecular weight excluding hydrogens is 328 g/mol. The minimum absolute atomic E-state index is 0.252. The number of carbonyl (C=O) groups is 1. The van der Waals surface area contributed by atoms with Crippen LogP contribution < -0.4 is 0 Å². The Morgan fingerprint density at radius 2 is 2.23 bits per heavy atom. The first-order valence-corrected chi connectivity index (χ1v) is 9.34. The van der Waals surface area contributed by atoms with Gasteiger partial charge in [-0.15, -0.1) is 0 Å². The SMILES string of the molecule is Cc1nc(CCC2CCCN2C(=O)CCc2c[nH]c3ccccc23)no1. The van der Waals surface area contributed by atoms with E-state index in [4.69, 9.17) is 4.52 Å². The average Bonchev–Trinajstić information content (AvgIpc) is 3.37. The van der Waals surface area contributed by atoms with Crippen molar-refractivity contribution in [1.29, 1.82) is 0 Å². The van der Waals surface area contributed by atoms with Gasteiger partial charge in [-0.2, -0.15) is 4.98 Å². The third kappa shape index (κ3) is 3.49. The Kier molecular flexibility index (Phi) is 4.73. The fourth-order valence-corrected chi connectivity index (χ4v) is 3.93. The number of nitrogens with one attached hydrogen (secondary N) is 1. The second kappa shape index (κ2) is 7.32. The standard InChI is InChI=1S/C20H24N4O2/c1-14-22-19(23-26-14)10-9-16-5-4-12-24(16)20(25)11-8-15-13-21-18-7-3-2-6-17(15)18/h2-3,6-7,13,16,21H,4-5,8-12H2,1H3. The summed E-state index contributed by atoms with van der Waals surface area (Å²) in [7, 11) is 0. The minimum Gasteiger partial charge on any atom is -0.361 e. The van der Waals surface area contributed by atoms with E-state index < -0.39 is 0 Å². The van der Waals surface area contributed by atoms with Crippen molar-refractivity contribution in [3.8, 4) is 0 Å². The highest BCUT2D eigenvalue weighted by Crippen LogP contribution is 2.24. The van der Waals surface area contributed by atoms with Gasteiger partial charge in [-0.05, 0) is 37.3 Å². The largest absolute Gasteiger partial charge is 0.361 e. The molecule has 1 amide bonds. The summed E-state index contributed by atoms with van der Waals surface area (Å²) in [4.78, 5) is 22.4. The van der Waals surface area contributed by atoms with Crippen LogP contribution in [0.4, 0.5) is 0 Å². The van der Waals surface area contributed by atoms with Crippen molar-refractivity contribution in [2.75, 3.05) is 6.54 Å². The monoisotopic (exact) mass is 352 g/mol. The Bertz CT molecular complexity index is 898. The van der Waals surface area contributed by atoms with Crippen molar-refractivity contribution < 1.29 is 9.32 Å². The molecule has 6 nitrogen and oxygen atoms in total. The molecule has 1 aliphatic heterocycles. The molecule has 1 atom stereocenters. The highest BCUT2D eigenvalue weighted by Gasteiger charge is 2.28. The summed E-state index contributed by atoms with van der Waals surface area (Å²) >= 11 is 0. The third-order valence-electron chi connectivity index (χ3n) is 5.25. The van der Waals surface area contributed by atoms with Gasteiger partial charge in [0.2, 0.25) is 11.8 Å². The average molecular weight is 352 g/mol. The van der Waals surface area contributed by atoms with Crippen molar-refractivity contribution in [3.05, 3.63) is 47.7 Å². The lowest BCUT2D eigenvalue weighted by Gasteiger charge is -2.24. The number of hydrogen-bond acceptors (Lipinski definition) is 4. The van der Waals surface area contributed by atoms with Crippen molar-refractivity contribution in [2.24, 2.45) is 0 Å². The summed E-state index contributed by atoms with van der Waals surface area (Å²) in [6.45, 7) is 2.66. The van der Waals surface area contributed by atoms with E-state index >= 15 is 0 Å². The molecule has 136 valence electrons. The zero-order valence-corrected chi connectivity index (χ0v) is 15.1. The van der Waals surface area contributed by atoms with Gasteiger partial charge in [-0.25, -0.2) is 0 Å². The quantitative estimate of drug-likeness (QED) is 0.738. The van der Waals surface area contributed by atoms with Crippen molar-refractivity contribution >= 4 is 16.8 Å². The van der Waals surface area contributed by atoms with E-state index in [-0.39, 0.29) is 5.91 Å². The Morgan fingerprint density at radius 3 is 3.08 bits per heavy atom. The van der Waals surface area contributed by atoms with E-state index in [1.165, 1.54) is 10.9 Å². The van der Waals surface area contributed by atoms with Crippen LogP contribution in [0.25, 0.3) is 10.9 Å². The summed E-state index contributed by atoms with van der Waals surface area (Å²) in [6.07, 6.45) is 7.16. The number of nitrogens with zero attached hydrogens (tertiary/aromatic N) is 3. The normalized spacial score (nSPS) is 17.3. The highest BCUT2D eigenvalue weighted by molar-refractivity contribution is 5.84. The molecule has 6 heteroatoms. The molecule has 1 unspecified atom stereocenters. The second-order valence-electron chi connectivity index (χ2n) is 7.01. The number of para-hydroxylation sites is 1. The molecule has 3 heterocycles. The van der Waals surface area contributed by atoms with Gasteiger partial charge in [0, 0.05) is 49.5 Å². The summed E-state index contributed by atoms with van der Waals surface area (Å²) < 4.78 is 5.02. The lowest BCUT2D eigenvalue weighted by Crippen LogP contribution is -2.36. The summed E-state index contributed by atoms with van der Waals surface area (Å²) in [5.74, 6) is 1.58. The number of rotatable bonds is 6. The van der Waals surface area contributed by atoms with E-state index in [1.807, 2.05) is 18.3 Å². The maximum atomic E-state index is 12.8. The van der Waals surface area contributed by atoms with Gasteiger partial charge >= 0.3 is 0 Å². The molecule has 1 aliphatic rings. The predicted molar refractivity (Wildman–Crippen MR) is 98.7 cm³/mol. The third-order valence-corrected chi connectivity index (χ3v) is 5.25. The van der Waals surface area contributed by atoms with Crippen molar-refractivity contribution in [1.82, 2.24) is 20.0 Å². The molecule has 4 rings (SSSR count). The topological polar surface area (TPSA) is 75.0 Å². The number of likely N-dealkylation sites (tertiary alicyclic amines) is 1. The van der Waals surface area contributed by atoms with Crippen LogP contribution in [0.1, 0.15) is 43.0 Å². The first-order valence-electron chi connectivity index (χ1n) is 9.34. The van der Waals surface area contributed by atoms with E-state index in [2.05, 4.69) is 32.2 Å². The fourth-order valence-electron chi connectivity index (χ4n) is 3.93. The first-order chi connectivity index (χ1) is 12.7. The van der Waals surface area contributed by atoms with Gasteiger partial charge in [0.05, 0.1) is 0 Å². The molecule has 26 heavy (non-hydrogen) atoms. The van der Waals surface area contributed by atoms with E-state index in [1.54, 1.807) is 6.92 Å². The minimum atomic E-state index is 0.252. The molecule has 0 spiro atoms. The van der Waals surface area contributed by atoms with Crippen LogP contribution in [0, 0.1) is 6.92 Å². The Hall–Kier alpha value is -2.63. The number of H-pyrrole nitrogens is 1. The van der Waals surface area contributed by atoms with E-state index in [0.717, 1.165) is 50.0 Å². The number of amides is 1. The number of aromatic amines is 1. The Morgan fingerprint density at radius 1 is 1.35 bits per heavy atom. The van der Waals surface area contributed by atoms with Crippen LogP contribution in [0.15, 0.2) is 35.0 Å². The van der Waals surface area contributed by atoms with E-state index in [0.29, 0.717) is 18.4 Å². The lowest BCUT2D eigenvalue weighted by molar-refractivity contribution is -0.132. The van der Waals surface area contributed by atoms with Crippen LogP contribution in [0.2, 0.25) is 0 Å². The van der Waals surface area contributed by atoms with Gasteiger partial charge < -0.3 is 14.4 Å². The second-order valence-corrected chi connectivity index (χ2v) is 7.01.